The second-order valence-corrected chi connectivity index (χ2v) is 6.98. The van der Waals surface area contributed by atoms with Gasteiger partial charge >= 0.3 is 5.97 Å². The van der Waals surface area contributed by atoms with Crippen LogP contribution in [0.25, 0.3) is 22.2 Å². The Morgan fingerprint density at radius 1 is 1.27 bits per heavy atom. The lowest BCUT2D eigenvalue weighted by Gasteiger charge is -2.11. The molecule has 0 aliphatic rings. The Kier molecular flexibility index (Phi) is 5.23. The van der Waals surface area contributed by atoms with Crippen LogP contribution in [0.2, 0.25) is 5.02 Å². The van der Waals surface area contributed by atoms with E-state index in [-0.39, 0.29) is 6.42 Å². The summed E-state index contributed by atoms with van der Waals surface area (Å²) in [4.78, 5) is 15.0. The van der Waals surface area contributed by atoms with Gasteiger partial charge in [0.1, 0.15) is 5.75 Å². The van der Waals surface area contributed by atoms with Crippen LogP contribution in [0.4, 0.5) is 0 Å². The first kappa shape index (κ1) is 18.3. The van der Waals surface area contributed by atoms with Crippen LogP contribution in [0, 0.1) is 0 Å². The van der Waals surface area contributed by atoms with Gasteiger partial charge in [0.2, 0.25) is 0 Å². The van der Waals surface area contributed by atoms with Crippen molar-refractivity contribution in [3.05, 3.63) is 52.5 Å². The smallest absolute Gasteiger partial charge is 0.307 e. The molecule has 0 unspecified atom stereocenters. The first-order valence-corrected chi connectivity index (χ1v) is 9.08. The lowest BCUT2D eigenvalue weighted by atomic mass is 9.97. The van der Waals surface area contributed by atoms with Gasteiger partial charge in [0, 0.05) is 21.5 Å². The largest absolute Gasteiger partial charge is 0.493 e. The number of carboxylic acid groups (broad SMARTS) is 1. The molecule has 0 saturated carbocycles. The van der Waals surface area contributed by atoms with E-state index in [4.69, 9.17) is 16.3 Å². The molecule has 3 rings (SSSR count). The van der Waals surface area contributed by atoms with Crippen molar-refractivity contribution < 1.29 is 14.6 Å². The molecule has 136 valence electrons. The minimum absolute atomic E-state index is 0.0744. The molecular weight excluding hydrogens is 350 g/mol. The van der Waals surface area contributed by atoms with Gasteiger partial charge in [-0.15, -0.1) is 0 Å². The number of para-hydroxylation sites is 1. The van der Waals surface area contributed by atoms with Crippen molar-refractivity contribution in [2.24, 2.45) is 0 Å². The normalized spacial score (nSPS) is 11.3. The molecular formula is C21H22ClNO3. The van der Waals surface area contributed by atoms with E-state index >= 15 is 0 Å². The number of hydrogen-bond donors (Lipinski definition) is 2. The summed E-state index contributed by atoms with van der Waals surface area (Å²) >= 11 is 6.22. The minimum Gasteiger partial charge on any atom is -0.493 e. The van der Waals surface area contributed by atoms with Gasteiger partial charge in [-0.2, -0.15) is 0 Å². The van der Waals surface area contributed by atoms with Crippen LogP contribution in [0.3, 0.4) is 0 Å². The molecule has 0 aliphatic carbocycles. The number of H-pyrrole nitrogens is 1. The number of benzene rings is 2. The summed E-state index contributed by atoms with van der Waals surface area (Å²) in [6, 6.07) is 11.4. The Hall–Kier alpha value is -2.46. The predicted octanol–water partition coefficient (Wildman–Crippen LogP) is 5.64. The van der Waals surface area contributed by atoms with Crippen LogP contribution in [0.5, 0.6) is 5.75 Å². The van der Waals surface area contributed by atoms with Crippen LogP contribution in [0.15, 0.2) is 36.4 Å². The Morgan fingerprint density at radius 3 is 2.69 bits per heavy atom. The summed E-state index contributed by atoms with van der Waals surface area (Å²) in [5.74, 6) is 0.122. The summed E-state index contributed by atoms with van der Waals surface area (Å²) in [6.07, 6.45) is -0.0744. The van der Waals surface area contributed by atoms with E-state index in [2.05, 4.69) is 24.9 Å². The number of fused-ring (bicyclic) bond motifs is 1. The van der Waals surface area contributed by atoms with Gasteiger partial charge in [0.05, 0.1) is 18.7 Å². The number of ether oxygens (including phenoxy) is 1. The molecule has 5 heteroatoms. The lowest BCUT2D eigenvalue weighted by molar-refractivity contribution is -0.136. The average Bonchev–Trinajstić information content (AvgIpc) is 2.94. The van der Waals surface area contributed by atoms with E-state index < -0.39 is 5.97 Å². The molecule has 3 aromatic rings. The molecule has 0 saturated heterocycles. The number of hydrogen-bond acceptors (Lipinski definition) is 2. The van der Waals surface area contributed by atoms with E-state index in [9.17, 15) is 9.90 Å². The third-order valence-electron chi connectivity index (χ3n) is 4.43. The van der Waals surface area contributed by atoms with E-state index in [1.54, 1.807) is 6.07 Å². The Morgan fingerprint density at radius 2 is 2.04 bits per heavy atom. The van der Waals surface area contributed by atoms with Gasteiger partial charge in [-0.25, -0.2) is 0 Å². The first-order valence-electron chi connectivity index (χ1n) is 8.70. The van der Waals surface area contributed by atoms with E-state index in [0.29, 0.717) is 23.3 Å². The van der Waals surface area contributed by atoms with Gasteiger partial charge in [-0.1, -0.05) is 43.6 Å². The maximum absolute atomic E-state index is 11.5. The van der Waals surface area contributed by atoms with Crippen LogP contribution < -0.4 is 4.74 Å². The molecule has 0 atom stereocenters. The number of aromatic amines is 1. The second-order valence-electron chi connectivity index (χ2n) is 6.55. The van der Waals surface area contributed by atoms with Gasteiger partial charge in [0.25, 0.3) is 0 Å². The second kappa shape index (κ2) is 7.42. The molecule has 0 fully saturated rings. The number of aromatic nitrogens is 1. The standard InChI is InChI=1S/C21H22ClNO3/c1-4-26-18-9-8-13(22)10-17(18)21-16(11-19(24)25)15-7-5-6-14(12(2)3)20(15)23-21/h5-10,12,23H,4,11H2,1-3H3,(H,24,25). The molecule has 0 radical (unpaired) electrons. The highest BCUT2D eigenvalue weighted by Crippen LogP contribution is 2.39. The molecule has 1 aromatic heterocycles. The maximum Gasteiger partial charge on any atom is 0.307 e. The predicted molar refractivity (Wildman–Crippen MR) is 105 cm³/mol. The van der Waals surface area contributed by atoms with Crippen molar-refractivity contribution in [2.45, 2.75) is 33.1 Å². The fraction of sp³-hybridized carbons (Fsp3) is 0.286. The number of carboxylic acids is 1. The monoisotopic (exact) mass is 371 g/mol. The van der Waals surface area contributed by atoms with Gasteiger partial charge < -0.3 is 14.8 Å². The van der Waals surface area contributed by atoms with E-state index in [1.165, 1.54) is 0 Å². The highest BCUT2D eigenvalue weighted by molar-refractivity contribution is 6.31. The zero-order valence-corrected chi connectivity index (χ0v) is 15.9. The maximum atomic E-state index is 11.5. The summed E-state index contributed by atoms with van der Waals surface area (Å²) in [5.41, 5.74) is 4.40. The summed E-state index contributed by atoms with van der Waals surface area (Å²) in [6.45, 7) is 6.67. The molecule has 0 bridgehead atoms. The van der Waals surface area contributed by atoms with Crippen molar-refractivity contribution in [3.63, 3.8) is 0 Å². The fourth-order valence-electron chi connectivity index (χ4n) is 3.32. The van der Waals surface area contributed by atoms with Crippen molar-refractivity contribution in [3.8, 4) is 17.0 Å². The molecule has 0 spiro atoms. The summed E-state index contributed by atoms with van der Waals surface area (Å²) < 4.78 is 5.75. The van der Waals surface area contributed by atoms with E-state index in [1.807, 2.05) is 31.2 Å². The number of rotatable bonds is 6. The zero-order chi connectivity index (χ0) is 18.8. The first-order chi connectivity index (χ1) is 12.4. The molecule has 26 heavy (non-hydrogen) atoms. The summed E-state index contributed by atoms with van der Waals surface area (Å²) in [5, 5.41) is 11.0. The molecule has 2 aromatic carbocycles. The Labute approximate surface area is 157 Å². The van der Waals surface area contributed by atoms with Crippen molar-refractivity contribution in [1.29, 1.82) is 0 Å². The SMILES string of the molecule is CCOc1ccc(Cl)cc1-c1[nH]c2c(C(C)C)cccc2c1CC(=O)O. The van der Waals surface area contributed by atoms with Crippen LogP contribution >= 0.6 is 11.6 Å². The van der Waals surface area contributed by atoms with Crippen LogP contribution in [-0.4, -0.2) is 22.7 Å². The highest BCUT2D eigenvalue weighted by Gasteiger charge is 2.21. The van der Waals surface area contributed by atoms with Crippen molar-refractivity contribution in [2.75, 3.05) is 6.61 Å². The minimum atomic E-state index is -0.873. The number of aliphatic carboxylic acids is 1. The number of halogens is 1. The lowest BCUT2D eigenvalue weighted by Crippen LogP contribution is -2.02. The van der Waals surface area contributed by atoms with Crippen LogP contribution in [0.1, 0.15) is 37.8 Å². The van der Waals surface area contributed by atoms with E-state index in [0.717, 1.165) is 33.3 Å². The van der Waals surface area contributed by atoms with Crippen LogP contribution in [-0.2, 0) is 11.2 Å². The van der Waals surface area contributed by atoms with Gasteiger partial charge in [0.15, 0.2) is 0 Å². The Balaban J connectivity index is 2.33. The molecule has 0 amide bonds. The third-order valence-corrected chi connectivity index (χ3v) is 4.67. The Bertz CT molecular complexity index is 959. The number of nitrogens with one attached hydrogen (secondary N) is 1. The van der Waals surface area contributed by atoms with Crippen molar-refractivity contribution >= 4 is 28.5 Å². The third kappa shape index (κ3) is 3.42. The summed E-state index contributed by atoms with van der Waals surface area (Å²) in [7, 11) is 0. The van der Waals surface area contributed by atoms with Gasteiger partial charge in [-0.05, 0) is 42.2 Å². The topological polar surface area (TPSA) is 62.3 Å². The van der Waals surface area contributed by atoms with Crippen molar-refractivity contribution in [1.82, 2.24) is 4.98 Å². The van der Waals surface area contributed by atoms with Gasteiger partial charge in [-0.3, -0.25) is 4.79 Å². The molecule has 4 nitrogen and oxygen atoms in total. The quantitative estimate of drug-likeness (QED) is 0.589. The highest BCUT2D eigenvalue weighted by atomic mass is 35.5. The average molecular weight is 372 g/mol. The zero-order valence-electron chi connectivity index (χ0n) is 15.1. The fourth-order valence-corrected chi connectivity index (χ4v) is 3.49. The molecule has 2 N–H and O–H groups in total. The molecule has 0 aliphatic heterocycles. The number of carbonyl (C=O) groups is 1. The molecule has 1 heterocycles.